The van der Waals surface area contributed by atoms with Crippen molar-refractivity contribution in [1.82, 2.24) is 4.40 Å². The summed E-state index contributed by atoms with van der Waals surface area (Å²) in [5, 5.41) is 8.29. The van der Waals surface area contributed by atoms with E-state index in [1.807, 2.05) is 24.3 Å². The van der Waals surface area contributed by atoms with E-state index in [1.165, 1.54) is 54.8 Å². The molecule has 0 radical (unpaired) electrons. The van der Waals surface area contributed by atoms with Crippen LogP contribution in [-0.2, 0) is 0 Å². The molecule has 0 saturated carbocycles. The van der Waals surface area contributed by atoms with E-state index in [2.05, 4.69) is 209 Å². The molecule has 13 aromatic rings. The molecule has 64 heavy (non-hydrogen) atoms. The second kappa shape index (κ2) is 14.5. The molecule has 0 aliphatic carbocycles. The molecular formula is C60H38N2O2. The van der Waals surface area contributed by atoms with Crippen LogP contribution in [0.15, 0.2) is 240 Å². The number of benzene rings is 9. The van der Waals surface area contributed by atoms with Crippen LogP contribution in [0.2, 0.25) is 0 Å². The van der Waals surface area contributed by atoms with Gasteiger partial charge in [-0.15, -0.1) is 0 Å². The minimum atomic E-state index is 0.832. The van der Waals surface area contributed by atoms with Crippen LogP contribution in [-0.4, -0.2) is 4.40 Å². The van der Waals surface area contributed by atoms with Crippen LogP contribution in [0.4, 0.5) is 17.1 Å². The van der Waals surface area contributed by atoms with Gasteiger partial charge in [-0.3, -0.25) is 0 Å². The van der Waals surface area contributed by atoms with Crippen LogP contribution in [0.5, 0.6) is 0 Å². The van der Waals surface area contributed by atoms with Crippen molar-refractivity contribution < 1.29 is 8.83 Å². The van der Waals surface area contributed by atoms with Crippen molar-refractivity contribution in [2.24, 2.45) is 0 Å². The van der Waals surface area contributed by atoms with Gasteiger partial charge < -0.3 is 18.1 Å². The van der Waals surface area contributed by atoms with Crippen molar-refractivity contribution in [3.05, 3.63) is 231 Å². The molecule has 9 aromatic carbocycles. The van der Waals surface area contributed by atoms with Gasteiger partial charge in [-0.25, -0.2) is 0 Å². The van der Waals surface area contributed by atoms with Crippen LogP contribution >= 0.6 is 0 Å². The highest BCUT2D eigenvalue weighted by atomic mass is 16.3. The smallest absolute Gasteiger partial charge is 0.137 e. The molecule has 0 atom stereocenters. The SMILES string of the molecule is c1ccc(-c2ccc(N(c3ccc(-c4cccc5ccccc5occ4)cc3)c3ccc4c(c3)oc3cc(-c5cc6c7ccccc7n7c8ccccc8c(c5)c67)ccc34)cc2)cc1. The zero-order valence-corrected chi connectivity index (χ0v) is 34.7. The molecule has 0 fully saturated rings. The Morgan fingerprint density at radius 2 is 0.828 bits per heavy atom. The Balaban J connectivity index is 0.910. The molecule has 4 aromatic heterocycles. The first-order valence-corrected chi connectivity index (χ1v) is 21.7. The Morgan fingerprint density at radius 1 is 0.312 bits per heavy atom. The largest absolute Gasteiger partial charge is 0.464 e. The number of anilines is 3. The van der Waals surface area contributed by atoms with Crippen molar-refractivity contribution >= 4 is 88.1 Å². The summed E-state index contributed by atoms with van der Waals surface area (Å²) >= 11 is 0. The second-order valence-electron chi connectivity index (χ2n) is 16.5. The van der Waals surface area contributed by atoms with E-state index in [0.717, 1.165) is 66.7 Å². The zero-order chi connectivity index (χ0) is 42.1. The monoisotopic (exact) mass is 818 g/mol. The average Bonchev–Trinajstić information content (AvgIpc) is 4.03. The normalized spacial score (nSPS) is 11.8. The van der Waals surface area contributed by atoms with Gasteiger partial charge in [0.15, 0.2) is 0 Å². The molecule has 0 aliphatic rings. The summed E-state index contributed by atoms with van der Waals surface area (Å²) in [7, 11) is 0. The number of hydrogen-bond donors (Lipinski definition) is 0. The second-order valence-corrected chi connectivity index (χ2v) is 16.5. The van der Waals surface area contributed by atoms with Gasteiger partial charge in [0.2, 0.25) is 0 Å². The van der Waals surface area contributed by atoms with Gasteiger partial charge in [0, 0.05) is 60.8 Å². The summed E-state index contributed by atoms with van der Waals surface area (Å²) in [4.78, 5) is 2.30. The molecule has 4 nitrogen and oxygen atoms in total. The summed E-state index contributed by atoms with van der Waals surface area (Å²) in [6.07, 6.45) is 1.77. The first kappa shape index (κ1) is 36.1. The summed E-state index contributed by atoms with van der Waals surface area (Å²) in [6, 6.07) is 79.9. The molecule has 300 valence electrons. The van der Waals surface area contributed by atoms with Gasteiger partial charge in [0.1, 0.15) is 16.7 Å². The van der Waals surface area contributed by atoms with Gasteiger partial charge in [-0.05, 0) is 118 Å². The molecule has 0 N–H and O–H groups in total. The Morgan fingerprint density at radius 3 is 1.53 bits per heavy atom. The Kier molecular flexibility index (Phi) is 8.18. The van der Waals surface area contributed by atoms with Crippen LogP contribution in [0.25, 0.3) is 104 Å². The Hall–Kier alpha value is -8.60. The lowest BCUT2D eigenvalue weighted by atomic mass is 9.98. The molecule has 0 amide bonds. The standard InChI is InChI=1S/C60H38N2O2/c1-2-11-39(12-3-1)41-21-26-46(27-22-41)61(47-28-23-42(24-29-47)40-14-10-15-43-13-4-9-20-57(43)63-34-33-40)48-30-32-52-51-31-25-44(37-58(51)64-59(52)38-48)45-35-53-49-16-5-7-18-55(49)62-56-19-8-6-17-50(56)54(36-45)60(53)62/h1-38H. The zero-order valence-electron chi connectivity index (χ0n) is 34.7. The highest BCUT2D eigenvalue weighted by molar-refractivity contribution is 6.24. The number of furan rings is 1. The van der Waals surface area contributed by atoms with Gasteiger partial charge >= 0.3 is 0 Å². The fourth-order valence-electron chi connectivity index (χ4n) is 9.79. The Labute approximate surface area is 368 Å². The number of para-hydroxylation sites is 3. The highest BCUT2D eigenvalue weighted by Gasteiger charge is 2.20. The van der Waals surface area contributed by atoms with Gasteiger partial charge in [-0.2, -0.15) is 0 Å². The minimum absolute atomic E-state index is 0.832. The number of hydrogen-bond acceptors (Lipinski definition) is 3. The van der Waals surface area contributed by atoms with Crippen LogP contribution in [0.1, 0.15) is 0 Å². The van der Waals surface area contributed by atoms with E-state index in [0.29, 0.717) is 0 Å². The third-order valence-electron chi connectivity index (χ3n) is 12.9. The molecule has 0 spiro atoms. The third kappa shape index (κ3) is 5.84. The Bertz CT molecular complexity index is 3820. The van der Waals surface area contributed by atoms with Crippen molar-refractivity contribution in [3.63, 3.8) is 0 Å². The summed E-state index contributed by atoms with van der Waals surface area (Å²) in [5.41, 5.74) is 16.2. The first-order chi connectivity index (χ1) is 31.7. The third-order valence-corrected chi connectivity index (χ3v) is 12.9. The molecule has 0 saturated heterocycles. The quantitative estimate of drug-likeness (QED) is 0.168. The van der Waals surface area contributed by atoms with Crippen molar-refractivity contribution in [1.29, 1.82) is 0 Å². The van der Waals surface area contributed by atoms with E-state index in [-0.39, 0.29) is 0 Å². The average molecular weight is 819 g/mol. The number of fused-ring (bicyclic) bond motifs is 10. The number of nitrogens with zero attached hydrogens (tertiary/aromatic N) is 2. The van der Waals surface area contributed by atoms with E-state index < -0.39 is 0 Å². The maximum atomic E-state index is 6.81. The number of rotatable bonds is 6. The van der Waals surface area contributed by atoms with Crippen molar-refractivity contribution in [3.8, 4) is 33.4 Å². The lowest BCUT2D eigenvalue weighted by Gasteiger charge is -2.26. The topological polar surface area (TPSA) is 33.9 Å². The molecule has 13 rings (SSSR count). The van der Waals surface area contributed by atoms with E-state index in [9.17, 15) is 0 Å². The summed E-state index contributed by atoms with van der Waals surface area (Å²) < 4.78 is 15.3. The fraction of sp³-hybridized carbons (Fsp3) is 0. The maximum absolute atomic E-state index is 6.81. The van der Waals surface area contributed by atoms with Crippen LogP contribution in [0.3, 0.4) is 0 Å². The van der Waals surface area contributed by atoms with Crippen LogP contribution < -0.4 is 4.90 Å². The lowest BCUT2D eigenvalue weighted by molar-refractivity contribution is 0.607. The molecular weight excluding hydrogens is 781 g/mol. The predicted molar refractivity (Wildman–Crippen MR) is 267 cm³/mol. The van der Waals surface area contributed by atoms with Gasteiger partial charge in [0.05, 0.1) is 22.8 Å². The highest BCUT2D eigenvalue weighted by Crippen LogP contribution is 2.44. The van der Waals surface area contributed by atoms with Crippen LogP contribution in [0, 0.1) is 0 Å². The molecule has 0 bridgehead atoms. The molecule has 0 aliphatic heterocycles. The molecule has 0 unspecified atom stereocenters. The number of aromatic nitrogens is 1. The molecule has 4 heteroatoms. The minimum Gasteiger partial charge on any atom is -0.464 e. The first-order valence-electron chi connectivity index (χ1n) is 21.7. The fourth-order valence-corrected chi connectivity index (χ4v) is 9.79. The van der Waals surface area contributed by atoms with Crippen molar-refractivity contribution in [2.45, 2.75) is 0 Å². The molecule has 4 heterocycles. The summed E-state index contributed by atoms with van der Waals surface area (Å²) in [5.74, 6) is 0. The van der Waals surface area contributed by atoms with E-state index in [1.54, 1.807) is 6.26 Å². The maximum Gasteiger partial charge on any atom is 0.137 e. The summed E-state index contributed by atoms with van der Waals surface area (Å²) in [6.45, 7) is 0. The van der Waals surface area contributed by atoms with E-state index in [4.69, 9.17) is 8.83 Å². The van der Waals surface area contributed by atoms with Crippen molar-refractivity contribution in [2.75, 3.05) is 4.90 Å². The van der Waals surface area contributed by atoms with E-state index >= 15 is 0 Å². The predicted octanol–water partition coefficient (Wildman–Crippen LogP) is 17.1. The lowest BCUT2D eigenvalue weighted by Crippen LogP contribution is -2.09. The van der Waals surface area contributed by atoms with Gasteiger partial charge in [-0.1, -0.05) is 133 Å². The van der Waals surface area contributed by atoms with Gasteiger partial charge in [0.25, 0.3) is 0 Å².